The Bertz CT molecular complexity index is 10400. The first kappa shape index (κ1) is 81.8. The second-order valence-corrected chi connectivity index (χ2v) is 36.4. The highest BCUT2D eigenvalue weighted by atomic mass is 16.4. The van der Waals surface area contributed by atoms with Crippen LogP contribution >= 0.6 is 0 Å². The average molecular weight is 1830 g/mol. The summed E-state index contributed by atoms with van der Waals surface area (Å²) >= 11 is 0. The SMILES string of the molecule is c1ccc(-c2ccc(-n3c4ccccc4c4ccc5c6ccccc6ccc5c43)nc2)nc1.c1ccc(-c2nnc(-c3ccccc3)n2-c2ccc(-n3c4ccccc4c4ccc5c6ccccc6ccc5c43)cc2)cc1.c1ccc(-n2c(-n3c4ccccc4c4ccc5c6ccccc6ccc5c43)nc3ccccc32)cc1.c1ccc2c(c1)ccc1c2ccc2c3ccccc3n(-c3nc4ccccc4o3)c12. The van der Waals surface area contributed by atoms with E-state index in [4.69, 9.17) is 19.4 Å². The minimum absolute atomic E-state index is 0.600. The summed E-state index contributed by atoms with van der Waals surface area (Å²) in [5.74, 6) is 3.43. The van der Waals surface area contributed by atoms with Gasteiger partial charge in [-0.1, -0.05) is 376 Å². The maximum absolute atomic E-state index is 6.22. The Labute approximate surface area is 818 Å². The van der Waals surface area contributed by atoms with Crippen LogP contribution in [-0.2, 0) is 0 Å². The van der Waals surface area contributed by atoms with E-state index in [0.717, 1.165) is 107 Å². The molecule has 668 valence electrons. The number of hydrogen-bond donors (Lipinski definition) is 0. The first-order chi connectivity index (χ1) is 71.0. The Kier molecular flexibility index (Phi) is 19.3. The number of fused-ring (bicyclic) bond motifs is 30. The van der Waals surface area contributed by atoms with Gasteiger partial charge >= 0.3 is 6.01 Å². The van der Waals surface area contributed by atoms with Crippen molar-refractivity contribution in [2.75, 3.05) is 0 Å². The fraction of sp³-hybridized carbons (Fsp3) is 0. The lowest BCUT2D eigenvalue weighted by atomic mass is 9.99. The van der Waals surface area contributed by atoms with Crippen molar-refractivity contribution in [1.29, 1.82) is 0 Å². The Morgan fingerprint density at radius 1 is 0.189 bits per heavy atom. The van der Waals surface area contributed by atoms with E-state index in [1.54, 1.807) is 0 Å². The van der Waals surface area contributed by atoms with Crippen LogP contribution in [-0.4, -0.2) is 57.5 Å². The number of aromatic nitrogens is 12. The van der Waals surface area contributed by atoms with E-state index < -0.39 is 0 Å². The third-order valence-electron chi connectivity index (χ3n) is 28.5. The summed E-state index contributed by atoms with van der Waals surface area (Å²) in [7, 11) is 0. The molecule has 13 nitrogen and oxygen atoms in total. The molecule has 9 heterocycles. The van der Waals surface area contributed by atoms with Gasteiger partial charge in [-0.2, -0.15) is 4.98 Å². The van der Waals surface area contributed by atoms with Gasteiger partial charge in [0.2, 0.25) is 5.95 Å². The van der Waals surface area contributed by atoms with Gasteiger partial charge in [-0.05, 0) is 174 Å². The highest BCUT2D eigenvalue weighted by Crippen LogP contribution is 2.46. The molecule has 0 aliphatic heterocycles. The van der Waals surface area contributed by atoms with Crippen molar-refractivity contribution in [3.05, 3.63) is 498 Å². The van der Waals surface area contributed by atoms with Crippen LogP contribution in [0.2, 0.25) is 0 Å². The highest BCUT2D eigenvalue weighted by molar-refractivity contribution is 6.28. The van der Waals surface area contributed by atoms with Crippen LogP contribution < -0.4 is 0 Å². The number of para-hydroxylation sites is 9. The third-order valence-corrected chi connectivity index (χ3v) is 28.5. The summed E-state index contributed by atoms with van der Waals surface area (Å²) in [4.78, 5) is 19.4. The lowest BCUT2D eigenvalue weighted by Crippen LogP contribution is -2.05. The molecular weight excluding hydrogens is 1750 g/mol. The van der Waals surface area contributed by atoms with E-state index in [0.29, 0.717) is 6.01 Å². The average Bonchev–Trinajstić information content (AvgIpc) is 1.55. The predicted octanol–water partition coefficient (Wildman–Crippen LogP) is 33.2. The van der Waals surface area contributed by atoms with Gasteiger partial charge in [0.05, 0.1) is 60.9 Å². The van der Waals surface area contributed by atoms with Gasteiger partial charge in [0.15, 0.2) is 17.2 Å². The van der Waals surface area contributed by atoms with E-state index in [1.165, 1.54) is 151 Å². The normalized spacial score (nSPS) is 11.8. The lowest BCUT2D eigenvalue weighted by molar-refractivity contribution is 0.574. The first-order valence-corrected chi connectivity index (χ1v) is 48.3. The summed E-state index contributed by atoms with van der Waals surface area (Å²) in [6.07, 6.45) is 3.73. The molecule has 0 N–H and O–H groups in total. The fourth-order valence-corrected chi connectivity index (χ4v) is 22.1. The smallest absolute Gasteiger partial charge is 0.307 e. The lowest BCUT2D eigenvalue weighted by Gasteiger charge is -2.14. The van der Waals surface area contributed by atoms with Crippen LogP contribution in [0.3, 0.4) is 0 Å². The van der Waals surface area contributed by atoms with Gasteiger partial charge in [0.25, 0.3) is 0 Å². The standard InChI is InChI=1S/C40H26N4.C33H21N3.C30H19N3.C27H16N2O/c1-3-12-28(13-4-1)39-41-42-40(29-14-5-2-6-15-29)44(39)31-22-20-30(21-23-31)43-37-18-10-9-17-34(37)36-26-25-33-32-16-8-7-11-27(32)19-24-35(33)38(36)43;1-2-11-23(12-3-1)35-31-17-9-7-15-29(31)34-33(35)36-30-16-8-6-14-26(30)28-21-20-25-24-13-5-4-10-22(24)18-19-27(25)32(28)36;1-2-8-22-20(7-1)12-14-25-23(22)15-16-26-24-9-3-4-11-28(24)33(30(25)26)29-17-13-21(19-32-29)27-10-5-6-18-31-27;1-2-8-18-17(7-1)13-14-21-19(18)15-16-22-20-9-3-5-11-24(20)29(26(21)22)27-28-23-10-4-6-12-25(23)30-27/h1-26H;1-21H;1-19H;1-16H. The molecule has 0 amide bonds. The van der Waals surface area contributed by atoms with Crippen molar-refractivity contribution in [1.82, 2.24) is 57.5 Å². The summed E-state index contributed by atoms with van der Waals surface area (Å²) in [6.45, 7) is 0. The predicted molar refractivity (Wildman–Crippen MR) is 592 cm³/mol. The van der Waals surface area contributed by atoms with Crippen molar-refractivity contribution in [2.45, 2.75) is 0 Å². The minimum Gasteiger partial charge on any atom is -0.423 e. The molecule has 0 unspecified atom stereocenters. The first-order valence-electron chi connectivity index (χ1n) is 48.3. The molecule has 0 fully saturated rings. The number of hydrogen-bond acceptors (Lipinski definition) is 7. The topological polar surface area (TPSA) is 120 Å². The Balaban J connectivity index is 0.0000000938. The van der Waals surface area contributed by atoms with E-state index >= 15 is 0 Å². The maximum atomic E-state index is 6.22. The van der Waals surface area contributed by atoms with E-state index in [9.17, 15) is 0 Å². The van der Waals surface area contributed by atoms with E-state index in [-0.39, 0.29) is 0 Å². The van der Waals surface area contributed by atoms with Crippen molar-refractivity contribution in [2.24, 2.45) is 0 Å². The quantitative estimate of drug-likeness (QED) is 0.132. The molecule has 0 saturated heterocycles. The molecule has 0 atom stereocenters. The molecule has 9 aromatic heterocycles. The summed E-state index contributed by atoms with van der Waals surface area (Å²) in [5.41, 5.74) is 20.3. The van der Waals surface area contributed by atoms with Gasteiger partial charge < -0.3 is 8.98 Å². The Morgan fingerprint density at radius 2 is 0.531 bits per heavy atom. The van der Waals surface area contributed by atoms with Crippen LogP contribution in [0.1, 0.15) is 0 Å². The molecule has 22 aromatic carbocycles. The Morgan fingerprint density at radius 3 is 0.986 bits per heavy atom. The van der Waals surface area contributed by atoms with Crippen molar-refractivity contribution in [3.8, 4) is 68.9 Å². The molecule has 0 aliphatic carbocycles. The van der Waals surface area contributed by atoms with Gasteiger partial charge in [0, 0.05) is 111 Å². The number of oxazole rings is 1. The van der Waals surface area contributed by atoms with Crippen molar-refractivity contribution < 1.29 is 4.42 Å². The monoisotopic (exact) mass is 1830 g/mol. The molecule has 143 heavy (non-hydrogen) atoms. The molecule has 0 saturated carbocycles. The van der Waals surface area contributed by atoms with Crippen molar-refractivity contribution in [3.63, 3.8) is 0 Å². The molecule has 31 aromatic rings. The molecule has 0 spiro atoms. The molecule has 0 bridgehead atoms. The number of imidazole rings is 1. The van der Waals surface area contributed by atoms with Gasteiger partial charge in [-0.15, -0.1) is 10.2 Å². The molecule has 0 aliphatic rings. The molecular formula is C130H82N12O. The molecule has 13 heteroatoms. The molecule has 31 rings (SSSR count). The molecule has 0 radical (unpaired) electrons. The Hall–Kier alpha value is -19.5. The fourth-order valence-electron chi connectivity index (χ4n) is 22.1. The number of pyridine rings is 2. The highest BCUT2D eigenvalue weighted by Gasteiger charge is 2.27. The number of benzene rings is 22. The largest absolute Gasteiger partial charge is 0.423 e. The van der Waals surface area contributed by atoms with Crippen LogP contribution in [0.5, 0.6) is 0 Å². The summed E-state index contributed by atoms with van der Waals surface area (Å²) in [5, 5.41) is 39.2. The zero-order chi connectivity index (χ0) is 94.1. The van der Waals surface area contributed by atoms with Crippen molar-refractivity contribution >= 4 is 196 Å². The maximum Gasteiger partial charge on any atom is 0.307 e. The van der Waals surface area contributed by atoms with Crippen LogP contribution in [0.15, 0.2) is 502 Å². The number of nitrogens with zero attached hydrogens (tertiary/aromatic N) is 12. The van der Waals surface area contributed by atoms with Gasteiger partial charge in [-0.25, -0.2) is 9.97 Å². The second kappa shape index (κ2) is 33.7. The zero-order valence-electron chi connectivity index (χ0n) is 77.1. The van der Waals surface area contributed by atoms with Crippen LogP contribution in [0.25, 0.3) is 264 Å². The number of rotatable bonds is 9. The van der Waals surface area contributed by atoms with Gasteiger partial charge in [-0.3, -0.25) is 27.8 Å². The van der Waals surface area contributed by atoms with E-state index in [1.807, 2.05) is 91.3 Å². The van der Waals surface area contributed by atoms with Crippen LogP contribution in [0.4, 0.5) is 0 Å². The van der Waals surface area contributed by atoms with E-state index in [2.05, 4.69) is 449 Å². The van der Waals surface area contributed by atoms with Gasteiger partial charge in [0.1, 0.15) is 11.3 Å². The minimum atomic E-state index is 0.600. The second-order valence-electron chi connectivity index (χ2n) is 36.4. The third kappa shape index (κ3) is 13.5. The van der Waals surface area contributed by atoms with Crippen LogP contribution in [0, 0.1) is 0 Å². The summed E-state index contributed by atoms with van der Waals surface area (Å²) < 4.78 is 19.9. The zero-order valence-corrected chi connectivity index (χ0v) is 77.1. The summed E-state index contributed by atoms with van der Waals surface area (Å²) in [6, 6.07) is 172.